The molecule has 0 bridgehead atoms. The fourth-order valence-electron chi connectivity index (χ4n) is 3.70. The molecule has 0 saturated carbocycles. The summed E-state index contributed by atoms with van der Waals surface area (Å²) in [5, 5.41) is 5.35. The molecule has 134 valence electrons. The second kappa shape index (κ2) is 7.25. The molecule has 0 aliphatic carbocycles. The van der Waals surface area contributed by atoms with E-state index in [0.29, 0.717) is 0 Å². The number of ether oxygens (including phenoxy) is 1. The zero-order valence-electron chi connectivity index (χ0n) is 14.5. The Labute approximate surface area is 151 Å². The number of amides is 1. The monoisotopic (exact) mass is 360 g/mol. The van der Waals surface area contributed by atoms with E-state index < -0.39 is 0 Å². The molecule has 2 aromatic heterocycles. The number of aromatic nitrogens is 2. The lowest BCUT2D eigenvalue weighted by Crippen LogP contribution is -2.45. The van der Waals surface area contributed by atoms with Gasteiger partial charge in [0, 0.05) is 38.3 Å². The Morgan fingerprint density at radius 2 is 2.00 bits per heavy atom. The number of hydrogen-bond acceptors (Lipinski definition) is 6. The first kappa shape index (κ1) is 16.7. The molecular weight excluding hydrogens is 336 g/mol. The van der Waals surface area contributed by atoms with Gasteiger partial charge in [-0.3, -0.25) is 4.79 Å². The van der Waals surface area contributed by atoms with E-state index in [1.807, 2.05) is 0 Å². The highest BCUT2D eigenvalue weighted by molar-refractivity contribution is 7.18. The predicted molar refractivity (Wildman–Crippen MR) is 99.1 cm³/mol. The third-order valence-electron chi connectivity index (χ3n) is 5.25. The predicted octanol–water partition coefficient (Wildman–Crippen LogP) is 2.51. The van der Waals surface area contributed by atoms with Crippen LogP contribution in [0, 0.1) is 12.8 Å². The van der Waals surface area contributed by atoms with Gasteiger partial charge in [0.25, 0.3) is 0 Å². The molecule has 2 saturated heterocycles. The van der Waals surface area contributed by atoms with Crippen molar-refractivity contribution in [3.05, 3.63) is 17.3 Å². The Morgan fingerprint density at radius 1 is 1.24 bits per heavy atom. The lowest BCUT2D eigenvalue weighted by atomic mass is 9.95. The number of fused-ring (bicyclic) bond motifs is 1. The van der Waals surface area contributed by atoms with E-state index >= 15 is 0 Å². The van der Waals surface area contributed by atoms with E-state index in [-0.39, 0.29) is 17.9 Å². The van der Waals surface area contributed by atoms with Gasteiger partial charge < -0.3 is 15.0 Å². The Hall–Kier alpha value is -1.73. The minimum Gasteiger partial charge on any atom is -0.381 e. The quantitative estimate of drug-likeness (QED) is 0.911. The summed E-state index contributed by atoms with van der Waals surface area (Å²) in [6.07, 6.45) is 5.28. The van der Waals surface area contributed by atoms with Crippen LogP contribution in [0.2, 0.25) is 0 Å². The molecule has 0 atom stereocenters. The van der Waals surface area contributed by atoms with Crippen LogP contribution in [0.15, 0.2) is 11.7 Å². The third kappa shape index (κ3) is 3.48. The van der Waals surface area contributed by atoms with Crippen LogP contribution in [0.3, 0.4) is 0 Å². The summed E-state index contributed by atoms with van der Waals surface area (Å²) in [7, 11) is 0. The molecule has 2 aliphatic heterocycles. The van der Waals surface area contributed by atoms with E-state index in [2.05, 4.69) is 32.5 Å². The van der Waals surface area contributed by atoms with Crippen LogP contribution in [0.5, 0.6) is 0 Å². The maximum Gasteiger partial charge on any atom is 0.223 e. The summed E-state index contributed by atoms with van der Waals surface area (Å²) in [5.41, 5.74) is 2.25. The van der Waals surface area contributed by atoms with Crippen LogP contribution in [-0.2, 0) is 9.53 Å². The van der Waals surface area contributed by atoms with E-state index in [1.54, 1.807) is 17.7 Å². The van der Waals surface area contributed by atoms with Gasteiger partial charge in [0.1, 0.15) is 12.1 Å². The van der Waals surface area contributed by atoms with Crippen molar-refractivity contribution in [1.82, 2.24) is 15.3 Å². The van der Waals surface area contributed by atoms with Crippen molar-refractivity contribution in [3.8, 4) is 0 Å². The zero-order valence-corrected chi connectivity index (χ0v) is 15.3. The molecule has 6 nitrogen and oxygen atoms in total. The molecule has 7 heteroatoms. The highest BCUT2D eigenvalue weighted by Gasteiger charge is 2.28. The third-order valence-corrected chi connectivity index (χ3v) is 6.33. The molecule has 0 spiro atoms. The number of rotatable bonds is 3. The summed E-state index contributed by atoms with van der Waals surface area (Å²) in [5.74, 6) is 1.35. The van der Waals surface area contributed by atoms with Crippen LogP contribution in [0.25, 0.3) is 10.2 Å². The number of thiophene rings is 1. The number of carbonyl (C=O) groups excluding carboxylic acids is 1. The van der Waals surface area contributed by atoms with Crippen LogP contribution >= 0.6 is 11.3 Å². The van der Waals surface area contributed by atoms with Crippen molar-refractivity contribution in [3.63, 3.8) is 0 Å². The standard InChI is InChI=1S/C18H24N4O2S/c1-12-10-25-16-15(12)19-11-20-17(16)22-6-2-13(3-7-22)18(23)21-14-4-8-24-9-5-14/h10-11,13-14H,2-9H2,1H3,(H,21,23). The number of piperidine rings is 1. The van der Waals surface area contributed by atoms with Crippen LogP contribution in [0.4, 0.5) is 5.82 Å². The molecule has 0 aromatic carbocycles. The van der Waals surface area contributed by atoms with Gasteiger partial charge in [-0.15, -0.1) is 11.3 Å². The number of nitrogens with zero attached hydrogens (tertiary/aromatic N) is 3. The van der Waals surface area contributed by atoms with Crippen LogP contribution in [0.1, 0.15) is 31.2 Å². The lowest BCUT2D eigenvalue weighted by molar-refractivity contribution is -0.126. The smallest absolute Gasteiger partial charge is 0.223 e. The zero-order chi connectivity index (χ0) is 17.2. The molecule has 4 heterocycles. The van der Waals surface area contributed by atoms with Gasteiger partial charge in [0.15, 0.2) is 0 Å². The normalized spacial score (nSPS) is 20.1. The Bertz CT molecular complexity index is 749. The van der Waals surface area contributed by atoms with Crippen molar-refractivity contribution >= 4 is 33.3 Å². The minimum atomic E-state index is 0.112. The summed E-state index contributed by atoms with van der Waals surface area (Å²) in [6, 6.07) is 0.287. The Kier molecular flexibility index (Phi) is 4.85. The highest BCUT2D eigenvalue weighted by Crippen LogP contribution is 2.33. The summed E-state index contributed by atoms with van der Waals surface area (Å²) in [4.78, 5) is 23.8. The van der Waals surface area contributed by atoms with Crippen molar-refractivity contribution < 1.29 is 9.53 Å². The first-order chi connectivity index (χ1) is 12.2. The molecule has 25 heavy (non-hydrogen) atoms. The van der Waals surface area contributed by atoms with Gasteiger partial charge in [-0.25, -0.2) is 9.97 Å². The molecule has 0 radical (unpaired) electrons. The van der Waals surface area contributed by atoms with Gasteiger partial charge in [-0.05, 0) is 43.6 Å². The van der Waals surface area contributed by atoms with E-state index in [4.69, 9.17) is 4.74 Å². The molecule has 2 aliphatic rings. The maximum absolute atomic E-state index is 12.5. The minimum absolute atomic E-state index is 0.112. The molecule has 4 rings (SSSR count). The summed E-state index contributed by atoms with van der Waals surface area (Å²) in [6.45, 7) is 5.34. The average molecular weight is 360 g/mol. The largest absolute Gasteiger partial charge is 0.381 e. The second-order valence-corrected chi connectivity index (χ2v) is 7.83. The highest BCUT2D eigenvalue weighted by atomic mass is 32.1. The number of anilines is 1. The van der Waals surface area contributed by atoms with Crippen molar-refractivity contribution in [2.24, 2.45) is 5.92 Å². The maximum atomic E-state index is 12.5. The summed E-state index contributed by atoms with van der Waals surface area (Å²) < 4.78 is 6.52. The number of hydrogen-bond donors (Lipinski definition) is 1. The van der Waals surface area contributed by atoms with E-state index in [1.165, 1.54) is 5.56 Å². The first-order valence-corrected chi connectivity index (χ1v) is 9.92. The Morgan fingerprint density at radius 3 is 2.76 bits per heavy atom. The molecular formula is C18H24N4O2S. The second-order valence-electron chi connectivity index (χ2n) is 6.95. The van der Waals surface area contributed by atoms with E-state index in [0.717, 1.165) is 68.0 Å². The number of nitrogens with one attached hydrogen (secondary N) is 1. The molecule has 0 unspecified atom stereocenters. The number of aryl methyl sites for hydroxylation is 1. The molecule has 1 amide bonds. The Balaban J connectivity index is 1.38. The molecule has 2 fully saturated rings. The topological polar surface area (TPSA) is 67.4 Å². The van der Waals surface area contributed by atoms with Gasteiger partial charge in [-0.2, -0.15) is 0 Å². The van der Waals surface area contributed by atoms with Crippen molar-refractivity contribution in [2.45, 2.75) is 38.6 Å². The van der Waals surface area contributed by atoms with Gasteiger partial charge in [0.05, 0.1) is 10.2 Å². The molecule has 2 aromatic rings. The number of carbonyl (C=O) groups is 1. The van der Waals surface area contributed by atoms with Crippen molar-refractivity contribution in [1.29, 1.82) is 0 Å². The lowest BCUT2D eigenvalue weighted by Gasteiger charge is -2.33. The van der Waals surface area contributed by atoms with Gasteiger partial charge in [-0.1, -0.05) is 0 Å². The van der Waals surface area contributed by atoms with Gasteiger partial charge >= 0.3 is 0 Å². The fourth-order valence-corrected chi connectivity index (χ4v) is 4.72. The molecule has 1 N–H and O–H groups in total. The SMILES string of the molecule is Cc1csc2c(N3CCC(C(=O)NC4CCOCC4)CC3)ncnc12. The fraction of sp³-hybridized carbons (Fsp3) is 0.611. The van der Waals surface area contributed by atoms with Crippen molar-refractivity contribution in [2.75, 3.05) is 31.2 Å². The first-order valence-electron chi connectivity index (χ1n) is 9.04. The van der Waals surface area contributed by atoms with E-state index in [9.17, 15) is 4.79 Å². The van der Waals surface area contributed by atoms with Crippen LogP contribution < -0.4 is 10.2 Å². The van der Waals surface area contributed by atoms with Crippen LogP contribution in [-0.4, -0.2) is 48.2 Å². The summed E-state index contributed by atoms with van der Waals surface area (Å²) >= 11 is 1.71. The van der Waals surface area contributed by atoms with Gasteiger partial charge in [0.2, 0.25) is 5.91 Å². The average Bonchev–Trinajstić information content (AvgIpc) is 3.04.